The summed E-state index contributed by atoms with van der Waals surface area (Å²) in [5.74, 6) is 0.771. The first-order valence-corrected chi connectivity index (χ1v) is 11.3. The van der Waals surface area contributed by atoms with Crippen LogP contribution in [0.5, 0.6) is 0 Å². The fourth-order valence-corrected chi connectivity index (χ4v) is 3.86. The summed E-state index contributed by atoms with van der Waals surface area (Å²) in [6.45, 7) is 3.57. The van der Waals surface area contributed by atoms with Crippen molar-refractivity contribution in [2.45, 2.75) is 31.1 Å². The lowest BCUT2D eigenvalue weighted by atomic mass is 10.1. The number of aromatic nitrogens is 1. The summed E-state index contributed by atoms with van der Waals surface area (Å²) in [5.41, 5.74) is 2.17. The van der Waals surface area contributed by atoms with E-state index in [4.69, 9.17) is 0 Å². The Balaban J connectivity index is 1.68. The standard InChI is InChI=1S/C18H26N4O2S2/c1-14-13-25-17(22-14)5-4-11-20-18(19-2)21-12-10-15-6-8-16(9-7-15)26(3,23)24/h6-9,13H,4-5,10-12H2,1-3H3,(H2,19,20,21). The average Bonchev–Trinajstić information content (AvgIpc) is 3.02. The van der Waals surface area contributed by atoms with E-state index in [0.717, 1.165) is 49.6 Å². The number of guanidine groups is 1. The Labute approximate surface area is 159 Å². The smallest absolute Gasteiger partial charge is 0.190 e. The van der Waals surface area contributed by atoms with Gasteiger partial charge in [0.15, 0.2) is 15.8 Å². The number of aryl methyl sites for hydroxylation is 2. The van der Waals surface area contributed by atoms with Crippen molar-refractivity contribution < 1.29 is 8.42 Å². The zero-order valence-electron chi connectivity index (χ0n) is 15.4. The molecule has 0 aliphatic carbocycles. The first kappa shape index (κ1) is 20.4. The summed E-state index contributed by atoms with van der Waals surface area (Å²) in [6.07, 6.45) is 3.98. The van der Waals surface area contributed by atoms with E-state index in [9.17, 15) is 8.42 Å². The molecule has 0 aliphatic heterocycles. The molecule has 0 bridgehead atoms. The molecule has 6 nitrogen and oxygen atoms in total. The van der Waals surface area contributed by atoms with Gasteiger partial charge in [-0.25, -0.2) is 13.4 Å². The van der Waals surface area contributed by atoms with E-state index in [0.29, 0.717) is 4.90 Å². The van der Waals surface area contributed by atoms with Crippen molar-refractivity contribution in [2.75, 3.05) is 26.4 Å². The maximum atomic E-state index is 11.5. The molecule has 1 aromatic heterocycles. The molecule has 2 rings (SSSR count). The molecule has 0 radical (unpaired) electrons. The highest BCUT2D eigenvalue weighted by Crippen LogP contribution is 2.11. The number of rotatable bonds is 8. The Bertz CT molecular complexity index is 827. The number of hydrogen-bond donors (Lipinski definition) is 2. The molecular weight excluding hydrogens is 368 g/mol. The molecule has 2 N–H and O–H groups in total. The zero-order valence-corrected chi connectivity index (χ0v) is 17.1. The molecule has 0 saturated carbocycles. The lowest BCUT2D eigenvalue weighted by Crippen LogP contribution is -2.38. The van der Waals surface area contributed by atoms with Gasteiger partial charge >= 0.3 is 0 Å². The van der Waals surface area contributed by atoms with Crippen LogP contribution in [0.3, 0.4) is 0 Å². The first-order chi connectivity index (χ1) is 12.4. The zero-order chi connectivity index (χ0) is 19.0. The molecule has 8 heteroatoms. The third-order valence-corrected chi connectivity index (χ3v) is 5.96. The summed E-state index contributed by atoms with van der Waals surface area (Å²) < 4.78 is 22.9. The molecule has 1 heterocycles. The van der Waals surface area contributed by atoms with Crippen LogP contribution in [0.4, 0.5) is 0 Å². The molecule has 0 atom stereocenters. The summed E-state index contributed by atoms with van der Waals surface area (Å²) in [6, 6.07) is 7.00. The van der Waals surface area contributed by atoms with Crippen molar-refractivity contribution in [3.63, 3.8) is 0 Å². The monoisotopic (exact) mass is 394 g/mol. The van der Waals surface area contributed by atoms with Gasteiger partial charge in [0.05, 0.1) is 9.90 Å². The summed E-state index contributed by atoms with van der Waals surface area (Å²) in [4.78, 5) is 9.02. The van der Waals surface area contributed by atoms with Crippen molar-refractivity contribution in [1.82, 2.24) is 15.6 Å². The van der Waals surface area contributed by atoms with Crippen molar-refractivity contribution >= 4 is 27.1 Å². The van der Waals surface area contributed by atoms with Crippen LogP contribution in [0.15, 0.2) is 39.5 Å². The number of nitrogens with one attached hydrogen (secondary N) is 2. The van der Waals surface area contributed by atoms with Gasteiger partial charge in [0, 0.05) is 43.9 Å². The van der Waals surface area contributed by atoms with Crippen molar-refractivity contribution in [1.29, 1.82) is 0 Å². The van der Waals surface area contributed by atoms with Gasteiger partial charge in [-0.15, -0.1) is 11.3 Å². The molecule has 0 aliphatic rings. The van der Waals surface area contributed by atoms with E-state index < -0.39 is 9.84 Å². The average molecular weight is 395 g/mol. The van der Waals surface area contributed by atoms with E-state index in [-0.39, 0.29) is 0 Å². The van der Waals surface area contributed by atoms with Crippen molar-refractivity contribution in [2.24, 2.45) is 4.99 Å². The highest BCUT2D eigenvalue weighted by Gasteiger charge is 2.06. The molecule has 0 fully saturated rings. The molecule has 0 unspecified atom stereocenters. The predicted octanol–water partition coefficient (Wildman–Crippen LogP) is 2.20. The highest BCUT2D eigenvalue weighted by molar-refractivity contribution is 7.90. The van der Waals surface area contributed by atoms with Crippen LogP contribution < -0.4 is 10.6 Å². The normalized spacial score (nSPS) is 12.2. The largest absolute Gasteiger partial charge is 0.356 e. The lowest BCUT2D eigenvalue weighted by Gasteiger charge is -2.11. The number of hydrogen-bond acceptors (Lipinski definition) is 5. The van der Waals surface area contributed by atoms with Crippen LogP contribution in [0.2, 0.25) is 0 Å². The van der Waals surface area contributed by atoms with Gasteiger partial charge in [0.1, 0.15) is 0 Å². The molecule has 0 saturated heterocycles. The second-order valence-corrected chi connectivity index (χ2v) is 9.04. The molecular formula is C18H26N4O2S2. The van der Waals surface area contributed by atoms with Crippen LogP contribution in [-0.2, 0) is 22.7 Å². The molecule has 0 spiro atoms. The van der Waals surface area contributed by atoms with Gasteiger partial charge in [-0.3, -0.25) is 4.99 Å². The second kappa shape index (κ2) is 9.68. The fourth-order valence-electron chi connectivity index (χ4n) is 2.41. The minimum atomic E-state index is -3.14. The number of nitrogens with zero attached hydrogens (tertiary/aromatic N) is 2. The molecule has 2 aromatic rings. The van der Waals surface area contributed by atoms with Gasteiger partial charge in [-0.1, -0.05) is 12.1 Å². The van der Waals surface area contributed by atoms with Gasteiger partial charge in [-0.05, 0) is 37.5 Å². The third kappa shape index (κ3) is 6.76. The Morgan fingerprint density at radius 2 is 1.85 bits per heavy atom. The molecule has 26 heavy (non-hydrogen) atoms. The van der Waals surface area contributed by atoms with Crippen LogP contribution in [0.1, 0.15) is 22.7 Å². The summed E-state index contributed by atoms with van der Waals surface area (Å²) in [5, 5.41) is 9.82. The fraction of sp³-hybridized carbons (Fsp3) is 0.444. The highest BCUT2D eigenvalue weighted by atomic mass is 32.2. The minimum Gasteiger partial charge on any atom is -0.356 e. The van der Waals surface area contributed by atoms with Crippen LogP contribution in [-0.4, -0.2) is 45.8 Å². The molecule has 142 valence electrons. The number of thiazole rings is 1. The van der Waals surface area contributed by atoms with E-state index in [1.807, 2.05) is 19.1 Å². The van der Waals surface area contributed by atoms with E-state index in [1.54, 1.807) is 30.5 Å². The number of aliphatic imine (C=N–C) groups is 1. The SMILES string of the molecule is CN=C(NCCCc1nc(C)cs1)NCCc1ccc(S(C)(=O)=O)cc1. The van der Waals surface area contributed by atoms with Gasteiger partial charge in [0.25, 0.3) is 0 Å². The Kier molecular flexibility index (Phi) is 7.59. The van der Waals surface area contributed by atoms with Gasteiger partial charge in [0.2, 0.25) is 0 Å². The van der Waals surface area contributed by atoms with E-state index >= 15 is 0 Å². The maximum absolute atomic E-state index is 11.5. The third-order valence-electron chi connectivity index (χ3n) is 3.81. The Hall–Kier alpha value is -1.93. The van der Waals surface area contributed by atoms with Gasteiger partial charge < -0.3 is 10.6 Å². The predicted molar refractivity (Wildman–Crippen MR) is 108 cm³/mol. The van der Waals surface area contributed by atoms with Crippen LogP contribution >= 0.6 is 11.3 Å². The summed E-state index contributed by atoms with van der Waals surface area (Å²) >= 11 is 1.71. The number of sulfone groups is 1. The van der Waals surface area contributed by atoms with Crippen molar-refractivity contribution in [3.05, 3.63) is 45.9 Å². The Morgan fingerprint density at radius 3 is 2.42 bits per heavy atom. The minimum absolute atomic E-state index is 0.349. The lowest BCUT2D eigenvalue weighted by molar-refractivity contribution is 0.602. The molecule has 0 amide bonds. The second-order valence-electron chi connectivity index (χ2n) is 6.08. The Morgan fingerprint density at radius 1 is 1.15 bits per heavy atom. The quantitative estimate of drug-likeness (QED) is 0.407. The number of benzene rings is 1. The van der Waals surface area contributed by atoms with Crippen LogP contribution in [0.25, 0.3) is 0 Å². The maximum Gasteiger partial charge on any atom is 0.190 e. The van der Waals surface area contributed by atoms with Crippen molar-refractivity contribution in [3.8, 4) is 0 Å². The summed E-state index contributed by atoms with van der Waals surface area (Å²) in [7, 11) is -1.39. The van der Waals surface area contributed by atoms with Crippen LogP contribution in [0, 0.1) is 6.92 Å². The van der Waals surface area contributed by atoms with Gasteiger partial charge in [-0.2, -0.15) is 0 Å². The van der Waals surface area contributed by atoms with E-state index in [2.05, 4.69) is 26.0 Å². The van der Waals surface area contributed by atoms with E-state index in [1.165, 1.54) is 11.3 Å². The topological polar surface area (TPSA) is 83.4 Å². The first-order valence-electron chi connectivity index (χ1n) is 8.53. The molecule has 1 aromatic carbocycles.